The number of rotatable bonds is 8. The number of ether oxygens (including phenoxy) is 2. The van der Waals surface area contributed by atoms with E-state index in [0.29, 0.717) is 40.5 Å². The van der Waals surface area contributed by atoms with Gasteiger partial charge >= 0.3 is 6.03 Å². The molecule has 2 aromatic heterocycles. The van der Waals surface area contributed by atoms with Gasteiger partial charge in [0.15, 0.2) is 5.82 Å². The molecule has 1 unspecified atom stereocenters. The number of nitrogens with two attached hydrogens (primary N) is 1. The van der Waals surface area contributed by atoms with Crippen LogP contribution in [0.3, 0.4) is 0 Å². The van der Waals surface area contributed by atoms with Crippen molar-refractivity contribution in [2.24, 2.45) is 0 Å². The molecular weight excluding hydrogens is 556 g/mol. The maximum absolute atomic E-state index is 14.2. The fourth-order valence-electron chi connectivity index (χ4n) is 4.88. The summed E-state index contributed by atoms with van der Waals surface area (Å²) in [4.78, 5) is 33.6. The van der Waals surface area contributed by atoms with Gasteiger partial charge < -0.3 is 25.4 Å². The van der Waals surface area contributed by atoms with Crippen LogP contribution in [0.1, 0.15) is 43.5 Å². The molecule has 232 valence electrons. The Morgan fingerprint density at radius 1 is 0.977 bits per heavy atom. The molecule has 0 saturated heterocycles. The number of para-hydroxylation sites is 1. The van der Waals surface area contributed by atoms with E-state index >= 15 is 0 Å². The zero-order valence-electron chi connectivity index (χ0n) is 26.8. The molecule has 2 amide bonds. The van der Waals surface area contributed by atoms with E-state index in [1.165, 1.54) is 4.90 Å². The lowest BCUT2D eigenvalue weighted by Crippen LogP contribution is -2.48. The summed E-state index contributed by atoms with van der Waals surface area (Å²) >= 11 is 0. The molecule has 0 bridgehead atoms. The highest BCUT2D eigenvalue weighted by atomic mass is 16.5. The van der Waals surface area contributed by atoms with Gasteiger partial charge in [-0.1, -0.05) is 32.0 Å². The number of aryl methyl sites for hydroxylation is 2. The van der Waals surface area contributed by atoms with Crippen molar-refractivity contribution in [1.29, 1.82) is 0 Å². The van der Waals surface area contributed by atoms with Crippen LogP contribution in [0, 0.1) is 13.8 Å². The third kappa shape index (κ3) is 6.68. The maximum Gasteiger partial charge on any atom is 0.336 e. The molecule has 0 fully saturated rings. The zero-order valence-corrected chi connectivity index (χ0v) is 26.8. The van der Waals surface area contributed by atoms with E-state index in [2.05, 4.69) is 41.1 Å². The number of carbonyl (C=O) groups is 1. The van der Waals surface area contributed by atoms with Gasteiger partial charge in [0, 0.05) is 23.5 Å². The second kappa shape index (κ2) is 14.0. The summed E-state index contributed by atoms with van der Waals surface area (Å²) in [5.41, 5.74) is 10.7. The summed E-state index contributed by atoms with van der Waals surface area (Å²) in [6.45, 7) is 12.6. The fourth-order valence-corrected chi connectivity index (χ4v) is 4.88. The molecule has 3 heterocycles. The standard InChI is InChI=1S/C28H29N7O3.C5H13N/c1-16-7-6-8-17(2)25(16)34-18(3)21-15-31-27(32-22-11-9-19(29)13-23(22)38-5)33-26(21)35(28(34)36)24-12-10-20(37-4)14-30-24;1-4-6(3)5-2/h6-15,18H,29H2,1-5H3,(H,31,32,33);4-5H2,1-3H3. The van der Waals surface area contributed by atoms with Crippen LogP contribution in [-0.2, 0) is 0 Å². The van der Waals surface area contributed by atoms with Gasteiger partial charge in [-0.3, -0.25) is 4.90 Å². The number of hydrogen-bond acceptors (Lipinski definition) is 9. The van der Waals surface area contributed by atoms with Crippen LogP contribution >= 0.6 is 0 Å². The average molecular weight is 599 g/mol. The zero-order chi connectivity index (χ0) is 32.0. The van der Waals surface area contributed by atoms with Crippen molar-refractivity contribution >= 4 is 40.7 Å². The number of aromatic nitrogens is 3. The first-order valence-electron chi connectivity index (χ1n) is 14.6. The van der Waals surface area contributed by atoms with E-state index in [1.807, 2.05) is 39.0 Å². The van der Waals surface area contributed by atoms with Crippen molar-refractivity contribution in [3.8, 4) is 11.5 Å². The summed E-state index contributed by atoms with van der Waals surface area (Å²) in [6.07, 6.45) is 3.31. The Morgan fingerprint density at radius 3 is 2.25 bits per heavy atom. The lowest BCUT2D eigenvalue weighted by atomic mass is 10.0. The van der Waals surface area contributed by atoms with Crippen molar-refractivity contribution < 1.29 is 14.3 Å². The topological polar surface area (TPSA) is 122 Å². The predicted octanol–water partition coefficient (Wildman–Crippen LogP) is 6.63. The van der Waals surface area contributed by atoms with Crippen LogP contribution in [0.5, 0.6) is 11.5 Å². The Balaban J connectivity index is 0.000000670. The highest BCUT2D eigenvalue weighted by Gasteiger charge is 2.40. The molecule has 0 aliphatic carbocycles. The van der Waals surface area contributed by atoms with E-state index in [1.54, 1.807) is 61.8 Å². The van der Waals surface area contributed by atoms with Crippen molar-refractivity contribution in [3.63, 3.8) is 0 Å². The summed E-state index contributed by atoms with van der Waals surface area (Å²) in [7, 11) is 5.24. The average Bonchev–Trinajstić information content (AvgIpc) is 3.03. The van der Waals surface area contributed by atoms with E-state index in [0.717, 1.165) is 35.5 Å². The first-order chi connectivity index (χ1) is 21.1. The second-order valence-electron chi connectivity index (χ2n) is 10.5. The van der Waals surface area contributed by atoms with Crippen LogP contribution in [0.2, 0.25) is 0 Å². The van der Waals surface area contributed by atoms with Crippen LogP contribution < -0.4 is 30.3 Å². The van der Waals surface area contributed by atoms with Gasteiger partial charge in [0.05, 0.1) is 37.8 Å². The number of nitrogens with zero attached hydrogens (tertiary/aromatic N) is 6. The summed E-state index contributed by atoms with van der Waals surface area (Å²) < 4.78 is 10.7. The third-order valence-electron chi connectivity index (χ3n) is 7.66. The smallest absolute Gasteiger partial charge is 0.336 e. The number of fused-ring (bicyclic) bond motifs is 1. The minimum absolute atomic E-state index is 0.269. The number of anilines is 6. The number of pyridine rings is 1. The minimum atomic E-state index is -0.327. The van der Waals surface area contributed by atoms with E-state index in [4.69, 9.17) is 20.2 Å². The van der Waals surface area contributed by atoms with Gasteiger partial charge in [-0.15, -0.1) is 0 Å². The quantitative estimate of drug-likeness (QED) is 0.215. The van der Waals surface area contributed by atoms with Gasteiger partial charge in [-0.2, -0.15) is 4.98 Å². The number of nitrogens with one attached hydrogen (secondary N) is 1. The molecule has 1 atom stereocenters. The van der Waals surface area contributed by atoms with Gasteiger partial charge in [-0.05, 0) is 76.3 Å². The number of benzene rings is 2. The molecule has 5 rings (SSSR count). The molecule has 2 aromatic carbocycles. The highest BCUT2D eigenvalue weighted by Crippen LogP contribution is 2.43. The molecule has 44 heavy (non-hydrogen) atoms. The summed E-state index contributed by atoms with van der Waals surface area (Å²) in [6, 6.07) is 14.1. The number of methoxy groups -OCH3 is 2. The lowest BCUT2D eigenvalue weighted by Gasteiger charge is -2.41. The van der Waals surface area contributed by atoms with E-state index in [-0.39, 0.29) is 12.1 Å². The molecule has 0 spiro atoms. The monoisotopic (exact) mass is 598 g/mol. The molecule has 11 heteroatoms. The van der Waals surface area contributed by atoms with Gasteiger partial charge in [0.2, 0.25) is 5.95 Å². The Kier molecular flexibility index (Phi) is 10.2. The number of nitrogen functional groups attached to an aromatic ring is 1. The largest absolute Gasteiger partial charge is 0.495 e. The molecule has 0 saturated carbocycles. The van der Waals surface area contributed by atoms with Gasteiger partial charge in [0.25, 0.3) is 0 Å². The predicted molar refractivity (Wildman–Crippen MR) is 177 cm³/mol. The molecule has 4 aromatic rings. The normalized spacial score (nSPS) is 14.1. The Morgan fingerprint density at radius 2 is 1.68 bits per heavy atom. The van der Waals surface area contributed by atoms with Crippen LogP contribution in [0.25, 0.3) is 0 Å². The Bertz CT molecular complexity index is 1570. The summed E-state index contributed by atoms with van der Waals surface area (Å²) in [5.74, 6) is 2.28. The fraction of sp³-hybridized carbons (Fsp3) is 0.333. The van der Waals surface area contributed by atoms with Gasteiger partial charge in [0.1, 0.15) is 17.3 Å². The molecule has 3 N–H and O–H groups in total. The SMILES string of the molecule is CCN(C)CC.COc1ccc(N2C(=O)N(c3c(C)cccc3C)C(C)c3cnc(Nc4ccc(N)cc4OC)nc32)nc1. The Labute approximate surface area is 259 Å². The number of urea groups is 1. The molecule has 1 aliphatic heterocycles. The maximum atomic E-state index is 14.2. The van der Waals surface area contributed by atoms with E-state index in [9.17, 15) is 4.79 Å². The van der Waals surface area contributed by atoms with Crippen molar-refractivity contribution in [3.05, 3.63) is 77.6 Å². The Hall–Kier alpha value is -4.90. The van der Waals surface area contributed by atoms with Crippen LogP contribution in [0.4, 0.5) is 39.4 Å². The molecule has 0 radical (unpaired) electrons. The van der Waals surface area contributed by atoms with Crippen molar-refractivity contribution in [1.82, 2.24) is 19.9 Å². The number of hydrogen-bond donors (Lipinski definition) is 2. The van der Waals surface area contributed by atoms with E-state index < -0.39 is 0 Å². The number of amides is 2. The number of carbonyl (C=O) groups excluding carboxylic acids is 1. The van der Waals surface area contributed by atoms with Crippen LogP contribution in [-0.4, -0.2) is 60.2 Å². The second-order valence-corrected chi connectivity index (χ2v) is 10.5. The highest BCUT2D eigenvalue weighted by molar-refractivity contribution is 6.11. The van der Waals surface area contributed by atoms with Crippen molar-refractivity contribution in [2.75, 3.05) is 55.2 Å². The first kappa shape index (κ1) is 32.0. The van der Waals surface area contributed by atoms with Crippen molar-refractivity contribution in [2.45, 2.75) is 40.7 Å². The summed E-state index contributed by atoms with van der Waals surface area (Å²) in [5, 5.41) is 3.19. The lowest BCUT2D eigenvalue weighted by molar-refractivity contribution is 0.250. The molecular formula is C33H42N8O3. The van der Waals surface area contributed by atoms with Gasteiger partial charge in [-0.25, -0.2) is 19.7 Å². The van der Waals surface area contributed by atoms with Crippen LogP contribution in [0.15, 0.2) is 60.9 Å². The first-order valence-corrected chi connectivity index (χ1v) is 14.6. The minimum Gasteiger partial charge on any atom is -0.495 e. The third-order valence-corrected chi connectivity index (χ3v) is 7.66. The molecule has 1 aliphatic rings. The molecule has 11 nitrogen and oxygen atoms in total.